The number of hydrogen-bond acceptors (Lipinski definition) is 2. The lowest BCUT2D eigenvalue weighted by molar-refractivity contribution is -0.143. The van der Waals surface area contributed by atoms with E-state index in [1.165, 1.54) is 4.90 Å². The minimum Gasteiger partial charge on any atom is -0.481 e. The summed E-state index contributed by atoms with van der Waals surface area (Å²) in [6, 6.07) is 0. The van der Waals surface area contributed by atoms with Crippen molar-refractivity contribution in [3.8, 4) is 0 Å². The molecule has 74 valence electrons. The minimum atomic E-state index is -1.03. The summed E-state index contributed by atoms with van der Waals surface area (Å²) in [6.45, 7) is 2.43. The molecule has 13 heavy (non-hydrogen) atoms. The summed E-state index contributed by atoms with van der Waals surface area (Å²) in [5.74, 6) is -1.32. The predicted octanol–water partition coefficient (Wildman–Crippen LogP) is 0.707. The van der Waals surface area contributed by atoms with Gasteiger partial charge < -0.3 is 15.1 Å². The second-order valence-electron chi connectivity index (χ2n) is 3.56. The average molecular weight is 187 g/mol. The van der Waals surface area contributed by atoms with Gasteiger partial charge in [-0.3, -0.25) is 4.79 Å². The number of carboxylic acids is 1. The Balaban J connectivity index is 2.62. The number of amides is 1. The number of carbonyl (C=O) groups is 2. The van der Waals surface area contributed by atoms with Gasteiger partial charge in [-0.2, -0.15) is 0 Å². The molecule has 1 saturated heterocycles. The molecule has 0 aromatic carbocycles. The number of carboxylic acid groups (broad SMARTS) is 2. The van der Waals surface area contributed by atoms with Crippen molar-refractivity contribution in [2.45, 2.75) is 13.3 Å². The Morgan fingerprint density at radius 2 is 1.92 bits per heavy atom. The minimum absolute atomic E-state index is 0.120. The Morgan fingerprint density at radius 1 is 1.31 bits per heavy atom. The van der Waals surface area contributed by atoms with Crippen LogP contribution >= 0.6 is 0 Å². The van der Waals surface area contributed by atoms with Crippen molar-refractivity contribution >= 4 is 12.1 Å². The number of piperidine rings is 1. The number of likely N-dealkylation sites (tertiary alicyclic amines) is 1. The van der Waals surface area contributed by atoms with Gasteiger partial charge in [-0.15, -0.1) is 0 Å². The van der Waals surface area contributed by atoms with Gasteiger partial charge in [0.1, 0.15) is 0 Å². The van der Waals surface area contributed by atoms with Gasteiger partial charge in [-0.25, -0.2) is 4.79 Å². The molecule has 1 rings (SSSR count). The molecule has 2 atom stereocenters. The molecule has 1 amide bonds. The molecule has 0 aromatic heterocycles. The molecule has 1 aliphatic rings. The lowest BCUT2D eigenvalue weighted by Gasteiger charge is -2.32. The highest BCUT2D eigenvalue weighted by Gasteiger charge is 2.31. The van der Waals surface area contributed by atoms with E-state index in [-0.39, 0.29) is 12.5 Å². The molecule has 1 fully saturated rings. The van der Waals surface area contributed by atoms with E-state index in [1.807, 2.05) is 6.92 Å². The summed E-state index contributed by atoms with van der Waals surface area (Å²) in [5.41, 5.74) is 0. The van der Waals surface area contributed by atoms with Gasteiger partial charge in [0.05, 0.1) is 5.92 Å². The van der Waals surface area contributed by atoms with Crippen molar-refractivity contribution < 1.29 is 19.8 Å². The maximum atomic E-state index is 10.6. The number of hydrogen-bond donors (Lipinski definition) is 2. The molecule has 0 spiro atoms. The van der Waals surface area contributed by atoms with E-state index >= 15 is 0 Å². The van der Waals surface area contributed by atoms with Crippen molar-refractivity contribution in [3.05, 3.63) is 0 Å². The average Bonchev–Trinajstić information content (AvgIpc) is 2.03. The van der Waals surface area contributed by atoms with Gasteiger partial charge in [0.15, 0.2) is 0 Å². The van der Waals surface area contributed by atoms with Crippen LogP contribution in [0.15, 0.2) is 0 Å². The molecule has 0 bridgehead atoms. The molecule has 0 aliphatic carbocycles. The van der Waals surface area contributed by atoms with Crippen LogP contribution in [0.4, 0.5) is 4.79 Å². The molecule has 1 heterocycles. The van der Waals surface area contributed by atoms with E-state index in [0.29, 0.717) is 13.0 Å². The van der Waals surface area contributed by atoms with Crippen LogP contribution in [-0.2, 0) is 4.79 Å². The fourth-order valence-electron chi connectivity index (χ4n) is 1.69. The van der Waals surface area contributed by atoms with Gasteiger partial charge in [-0.1, -0.05) is 6.92 Å². The fourth-order valence-corrected chi connectivity index (χ4v) is 1.69. The van der Waals surface area contributed by atoms with E-state index in [2.05, 4.69) is 0 Å². The topological polar surface area (TPSA) is 77.8 Å². The van der Waals surface area contributed by atoms with Crippen molar-refractivity contribution in [2.24, 2.45) is 11.8 Å². The van der Waals surface area contributed by atoms with Gasteiger partial charge in [-0.05, 0) is 12.3 Å². The Morgan fingerprint density at radius 3 is 2.38 bits per heavy atom. The molecular formula is C8H13NO4. The zero-order valence-corrected chi connectivity index (χ0v) is 7.43. The molecule has 0 saturated carbocycles. The maximum absolute atomic E-state index is 10.6. The first-order valence-electron chi connectivity index (χ1n) is 4.21. The second kappa shape index (κ2) is 3.64. The highest BCUT2D eigenvalue weighted by Crippen LogP contribution is 2.21. The van der Waals surface area contributed by atoms with Gasteiger partial charge >= 0.3 is 12.1 Å². The fraction of sp³-hybridized carbons (Fsp3) is 0.750. The SMILES string of the molecule is C[C@@H]1C[C@H](C(=O)O)CN(C(=O)O)C1. The highest BCUT2D eigenvalue weighted by molar-refractivity contribution is 5.72. The smallest absolute Gasteiger partial charge is 0.407 e. The summed E-state index contributed by atoms with van der Waals surface area (Å²) in [6.07, 6.45) is -0.461. The normalized spacial score (nSPS) is 28.5. The molecule has 2 N–H and O–H groups in total. The largest absolute Gasteiger partial charge is 0.481 e. The molecule has 5 heteroatoms. The first-order valence-corrected chi connectivity index (χ1v) is 4.21. The van der Waals surface area contributed by atoms with Gasteiger partial charge in [0.25, 0.3) is 0 Å². The van der Waals surface area contributed by atoms with Crippen LogP contribution in [0.1, 0.15) is 13.3 Å². The number of nitrogens with zero attached hydrogens (tertiary/aromatic N) is 1. The van der Waals surface area contributed by atoms with Crippen molar-refractivity contribution in [3.63, 3.8) is 0 Å². The number of rotatable bonds is 1. The summed E-state index contributed by atoms with van der Waals surface area (Å²) in [7, 11) is 0. The van der Waals surface area contributed by atoms with E-state index in [9.17, 15) is 9.59 Å². The zero-order chi connectivity index (χ0) is 10.0. The molecule has 0 aromatic rings. The molecule has 0 unspecified atom stereocenters. The molecular weight excluding hydrogens is 174 g/mol. The van der Waals surface area contributed by atoms with Crippen LogP contribution in [0.2, 0.25) is 0 Å². The lowest BCUT2D eigenvalue weighted by atomic mass is 9.91. The Kier molecular flexibility index (Phi) is 2.75. The van der Waals surface area contributed by atoms with E-state index in [1.54, 1.807) is 0 Å². The summed E-state index contributed by atoms with van der Waals surface area (Å²) in [5, 5.41) is 17.4. The monoisotopic (exact) mass is 187 g/mol. The first kappa shape index (κ1) is 9.83. The van der Waals surface area contributed by atoms with E-state index in [0.717, 1.165) is 0 Å². The quantitative estimate of drug-likeness (QED) is 0.633. The highest BCUT2D eigenvalue weighted by atomic mass is 16.4. The van der Waals surface area contributed by atoms with E-state index in [4.69, 9.17) is 10.2 Å². The van der Waals surface area contributed by atoms with Crippen LogP contribution in [0.25, 0.3) is 0 Å². The van der Waals surface area contributed by atoms with E-state index < -0.39 is 18.0 Å². The third-order valence-corrected chi connectivity index (χ3v) is 2.28. The third-order valence-electron chi connectivity index (χ3n) is 2.28. The van der Waals surface area contributed by atoms with Crippen LogP contribution in [0.3, 0.4) is 0 Å². The van der Waals surface area contributed by atoms with Crippen LogP contribution in [0.5, 0.6) is 0 Å². The zero-order valence-electron chi connectivity index (χ0n) is 7.43. The van der Waals surface area contributed by atoms with Crippen molar-refractivity contribution in [1.29, 1.82) is 0 Å². The Bertz CT molecular complexity index is 206. The summed E-state index contributed by atoms with van der Waals surface area (Å²) >= 11 is 0. The molecule has 1 aliphatic heterocycles. The summed E-state index contributed by atoms with van der Waals surface area (Å²) in [4.78, 5) is 22.4. The first-order chi connectivity index (χ1) is 6.00. The predicted molar refractivity (Wildman–Crippen MR) is 44.5 cm³/mol. The number of aliphatic carboxylic acids is 1. The van der Waals surface area contributed by atoms with Crippen molar-refractivity contribution in [1.82, 2.24) is 4.90 Å². The molecule has 0 radical (unpaired) electrons. The second-order valence-corrected chi connectivity index (χ2v) is 3.56. The van der Waals surface area contributed by atoms with Crippen molar-refractivity contribution in [2.75, 3.05) is 13.1 Å². The van der Waals surface area contributed by atoms with Gasteiger partial charge in [0, 0.05) is 13.1 Å². The van der Waals surface area contributed by atoms with Crippen LogP contribution in [0, 0.1) is 11.8 Å². The van der Waals surface area contributed by atoms with Crippen LogP contribution in [-0.4, -0.2) is 40.3 Å². The molecule has 5 nitrogen and oxygen atoms in total. The standard InChI is InChI=1S/C8H13NO4/c1-5-2-6(7(10)11)4-9(3-5)8(12)13/h5-6H,2-4H2,1H3,(H,10,11)(H,12,13)/t5-,6+/m1/s1. The maximum Gasteiger partial charge on any atom is 0.407 e. The summed E-state index contributed by atoms with van der Waals surface area (Å²) < 4.78 is 0. The Labute approximate surface area is 76.0 Å². The van der Waals surface area contributed by atoms with Gasteiger partial charge in [0.2, 0.25) is 0 Å². The van der Waals surface area contributed by atoms with Crippen LogP contribution < -0.4 is 0 Å². The Hall–Kier alpha value is -1.26. The third kappa shape index (κ3) is 2.34. The lowest BCUT2D eigenvalue weighted by Crippen LogP contribution is -2.44.